The summed E-state index contributed by atoms with van der Waals surface area (Å²) in [7, 11) is 0. The van der Waals surface area contributed by atoms with Crippen LogP contribution in [0.3, 0.4) is 0 Å². The van der Waals surface area contributed by atoms with Crippen molar-refractivity contribution in [1.29, 1.82) is 0 Å². The van der Waals surface area contributed by atoms with Crippen LogP contribution in [0.1, 0.15) is 31.2 Å². The molecule has 7 nitrogen and oxygen atoms in total. The maximum atomic E-state index is 14.6. The van der Waals surface area contributed by atoms with Crippen LogP contribution in [-0.2, 0) is 19.2 Å². The summed E-state index contributed by atoms with van der Waals surface area (Å²) in [6, 6.07) is 27.3. The van der Waals surface area contributed by atoms with Gasteiger partial charge in [0.25, 0.3) is 0 Å². The molecule has 4 aromatic rings. The number of halogens is 1. The van der Waals surface area contributed by atoms with Gasteiger partial charge in [-0.3, -0.25) is 24.1 Å². The molecule has 6 unspecified atom stereocenters. The Labute approximate surface area is 273 Å². The highest BCUT2D eigenvalue weighted by atomic mass is 127. The van der Waals surface area contributed by atoms with E-state index in [1.165, 1.54) is 9.80 Å². The third-order valence-corrected chi connectivity index (χ3v) is 11.3. The van der Waals surface area contributed by atoms with Gasteiger partial charge in [-0.05, 0) is 102 Å². The maximum Gasteiger partial charge on any atom is 0.241 e. The quantitative estimate of drug-likeness (QED) is 0.147. The zero-order valence-electron chi connectivity index (χ0n) is 24.4. The minimum absolute atomic E-state index is 0.130. The Kier molecular flexibility index (Phi) is 6.33. The number of carbonyl (C=O) groups excluding carboxylic acids is 4. The maximum absolute atomic E-state index is 14.6. The van der Waals surface area contributed by atoms with Crippen molar-refractivity contribution < 1.29 is 24.3 Å². The second-order valence-corrected chi connectivity index (χ2v) is 14.0. The van der Waals surface area contributed by atoms with Crippen molar-refractivity contribution in [2.24, 2.45) is 29.1 Å². The summed E-state index contributed by atoms with van der Waals surface area (Å²) in [5.74, 6) is -3.74. The van der Waals surface area contributed by atoms with Gasteiger partial charge >= 0.3 is 0 Å². The van der Waals surface area contributed by atoms with Crippen LogP contribution in [-0.4, -0.2) is 28.7 Å². The van der Waals surface area contributed by atoms with Crippen molar-refractivity contribution in [2.45, 2.75) is 25.7 Å². The van der Waals surface area contributed by atoms with Crippen molar-refractivity contribution in [3.05, 3.63) is 112 Å². The summed E-state index contributed by atoms with van der Waals surface area (Å²) in [5.41, 5.74) is 1.67. The average Bonchev–Trinajstić information content (AvgIpc) is 3.42. The zero-order chi connectivity index (χ0) is 31.2. The molecule has 4 aromatic carbocycles. The molecule has 2 aliphatic heterocycles. The predicted octanol–water partition coefficient (Wildman–Crippen LogP) is 6.59. The Morgan fingerprint density at radius 3 is 2.13 bits per heavy atom. The molecule has 1 N–H and O–H groups in total. The average molecular weight is 709 g/mol. The lowest BCUT2D eigenvalue weighted by Gasteiger charge is -2.49. The number of rotatable bonds is 3. The molecule has 224 valence electrons. The van der Waals surface area contributed by atoms with Gasteiger partial charge in [0.05, 0.1) is 34.5 Å². The standard InChI is InChI=1S/C37H29IN2O5/c1-37-29(34(43)40(36(37)45)21-7-3-2-4-8-21)19-28-26(32(37)25-17-18-30(41)24-10-6-5-9-23(24)25)15-16-27-31(28)35(44)39(33(27)42)22-13-11-20(38)12-14-22/h2-15,17-18,27-29,31-32,41H,16,19H2,1H3. The number of aromatic hydroxyl groups is 1. The Morgan fingerprint density at radius 2 is 1.40 bits per heavy atom. The van der Waals surface area contributed by atoms with Crippen LogP contribution in [0.25, 0.3) is 10.8 Å². The van der Waals surface area contributed by atoms with Crippen LogP contribution in [0, 0.1) is 32.7 Å². The second kappa shape index (κ2) is 10.1. The van der Waals surface area contributed by atoms with Crippen LogP contribution >= 0.6 is 22.6 Å². The van der Waals surface area contributed by atoms with Crippen molar-refractivity contribution in [3.63, 3.8) is 0 Å². The number of phenolic OH excluding ortho intramolecular Hbond substituents is 1. The zero-order valence-corrected chi connectivity index (χ0v) is 26.5. The number of phenols is 1. The molecule has 0 bridgehead atoms. The van der Waals surface area contributed by atoms with Gasteiger partial charge < -0.3 is 5.11 Å². The molecule has 45 heavy (non-hydrogen) atoms. The van der Waals surface area contributed by atoms with Gasteiger partial charge in [0.2, 0.25) is 23.6 Å². The predicted molar refractivity (Wildman–Crippen MR) is 178 cm³/mol. The Balaban J connectivity index is 1.31. The van der Waals surface area contributed by atoms with E-state index < -0.39 is 35.0 Å². The van der Waals surface area contributed by atoms with E-state index in [2.05, 4.69) is 28.7 Å². The van der Waals surface area contributed by atoms with E-state index in [1.807, 2.05) is 55.5 Å². The molecule has 8 heteroatoms. The molecule has 2 aliphatic carbocycles. The van der Waals surface area contributed by atoms with Crippen LogP contribution in [0.4, 0.5) is 11.4 Å². The van der Waals surface area contributed by atoms with Gasteiger partial charge in [-0.25, -0.2) is 4.90 Å². The minimum Gasteiger partial charge on any atom is -0.507 e. The second-order valence-electron chi connectivity index (χ2n) is 12.7. The molecule has 3 fully saturated rings. The van der Waals surface area contributed by atoms with E-state index in [0.29, 0.717) is 29.6 Å². The lowest BCUT2D eigenvalue weighted by molar-refractivity contribution is -0.131. The lowest BCUT2D eigenvalue weighted by atomic mass is 9.51. The third-order valence-electron chi connectivity index (χ3n) is 10.6. The molecule has 0 spiro atoms. The molecule has 8 rings (SSSR count). The first-order valence-corrected chi connectivity index (χ1v) is 16.3. The third kappa shape index (κ3) is 3.87. The summed E-state index contributed by atoms with van der Waals surface area (Å²) in [6.07, 6.45) is 2.73. The summed E-state index contributed by atoms with van der Waals surface area (Å²) < 4.78 is 1.000. The largest absolute Gasteiger partial charge is 0.507 e. The summed E-state index contributed by atoms with van der Waals surface area (Å²) in [4.78, 5) is 59.7. The van der Waals surface area contributed by atoms with E-state index in [-0.39, 0.29) is 29.4 Å². The van der Waals surface area contributed by atoms with Crippen molar-refractivity contribution in [1.82, 2.24) is 0 Å². The highest BCUT2D eigenvalue weighted by molar-refractivity contribution is 14.1. The SMILES string of the molecule is CC12C(=O)N(c3ccccc3)C(=O)C1CC1C(=CCC3C(=O)N(c4ccc(I)cc4)C(=O)C31)C2c1ccc(O)c2ccccc12. The van der Waals surface area contributed by atoms with E-state index >= 15 is 0 Å². The first-order valence-electron chi connectivity index (χ1n) is 15.2. The van der Waals surface area contributed by atoms with Crippen LogP contribution in [0.2, 0.25) is 0 Å². The van der Waals surface area contributed by atoms with Crippen LogP contribution in [0.15, 0.2) is 103 Å². The van der Waals surface area contributed by atoms with Gasteiger partial charge in [0, 0.05) is 14.9 Å². The summed E-state index contributed by atoms with van der Waals surface area (Å²) >= 11 is 2.19. The lowest BCUT2D eigenvalue weighted by Crippen LogP contribution is -2.49. The van der Waals surface area contributed by atoms with Crippen molar-refractivity contribution in [3.8, 4) is 5.75 Å². The molecule has 2 heterocycles. The molecule has 4 aliphatic rings. The summed E-state index contributed by atoms with van der Waals surface area (Å²) in [6.45, 7) is 1.88. The highest BCUT2D eigenvalue weighted by Gasteiger charge is 2.67. The Bertz CT molecular complexity index is 1970. The number of hydrogen-bond donors (Lipinski definition) is 1. The number of para-hydroxylation sites is 1. The Morgan fingerprint density at radius 1 is 0.733 bits per heavy atom. The fourth-order valence-electron chi connectivity index (χ4n) is 8.59. The van der Waals surface area contributed by atoms with Gasteiger partial charge in [0.1, 0.15) is 5.75 Å². The number of hydrogen-bond acceptors (Lipinski definition) is 5. The molecule has 2 saturated heterocycles. The first kappa shape index (κ1) is 28.2. The normalized spacial score (nSPS) is 29.1. The van der Waals surface area contributed by atoms with Crippen molar-refractivity contribution in [2.75, 3.05) is 9.80 Å². The topological polar surface area (TPSA) is 95.0 Å². The smallest absolute Gasteiger partial charge is 0.241 e. The van der Waals surface area contributed by atoms with E-state index in [4.69, 9.17) is 0 Å². The van der Waals surface area contributed by atoms with Gasteiger partial charge in [-0.1, -0.05) is 60.2 Å². The van der Waals surface area contributed by atoms with E-state index in [0.717, 1.165) is 20.1 Å². The molecule has 0 aromatic heterocycles. The van der Waals surface area contributed by atoms with E-state index in [1.54, 1.807) is 42.5 Å². The number of imide groups is 2. The fourth-order valence-corrected chi connectivity index (χ4v) is 8.94. The first-order chi connectivity index (χ1) is 21.7. The number of amides is 4. The number of benzene rings is 4. The molecular formula is C37H29IN2O5. The Hall–Kier alpha value is -4.31. The number of carbonyl (C=O) groups is 4. The molecule has 1 saturated carbocycles. The van der Waals surface area contributed by atoms with Crippen molar-refractivity contribution >= 4 is 68.4 Å². The number of anilines is 2. The molecule has 6 atom stereocenters. The number of allylic oxidation sites excluding steroid dienone is 2. The molecule has 4 amide bonds. The molecular weight excluding hydrogens is 679 g/mol. The summed E-state index contributed by atoms with van der Waals surface area (Å²) in [5, 5.41) is 12.2. The molecule has 0 radical (unpaired) electrons. The highest BCUT2D eigenvalue weighted by Crippen LogP contribution is 2.64. The van der Waals surface area contributed by atoms with Gasteiger partial charge in [0.15, 0.2) is 0 Å². The van der Waals surface area contributed by atoms with Crippen LogP contribution < -0.4 is 9.80 Å². The number of fused-ring (bicyclic) bond motifs is 5. The fraction of sp³-hybridized carbons (Fsp3) is 0.243. The minimum atomic E-state index is -1.15. The van der Waals surface area contributed by atoms with E-state index in [9.17, 15) is 24.3 Å². The number of nitrogens with zero attached hydrogens (tertiary/aromatic N) is 2. The van der Waals surface area contributed by atoms with Crippen LogP contribution in [0.5, 0.6) is 5.75 Å². The monoisotopic (exact) mass is 708 g/mol. The van der Waals surface area contributed by atoms with Gasteiger partial charge in [-0.15, -0.1) is 0 Å². The van der Waals surface area contributed by atoms with Gasteiger partial charge in [-0.2, -0.15) is 0 Å².